The number of esters is 1. The number of aromatic nitrogens is 6. The van der Waals surface area contributed by atoms with E-state index in [0.717, 1.165) is 32.9 Å². The van der Waals surface area contributed by atoms with Gasteiger partial charge in [-0.1, -0.05) is 35.3 Å². The molecule has 0 aliphatic carbocycles. The fourth-order valence-electron chi connectivity index (χ4n) is 4.76. The first-order chi connectivity index (χ1) is 22.2. The monoisotopic (exact) mass is 702 g/mol. The molecule has 0 unspecified atom stereocenters. The van der Waals surface area contributed by atoms with Gasteiger partial charge in [-0.05, 0) is 54.4 Å². The Morgan fingerprint density at radius 2 is 1.23 bits per heavy atom. The van der Waals surface area contributed by atoms with Crippen molar-refractivity contribution in [3.8, 4) is 0 Å². The number of ether oxygens (including phenoxy) is 1. The number of carbonyl (C=O) groups excluding carboxylic acids is 1. The zero-order valence-electron chi connectivity index (χ0n) is 25.9. The van der Waals surface area contributed by atoms with Crippen molar-refractivity contribution in [3.63, 3.8) is 0 Å². The van der Waals surface area contributed by atoms with Crippen molar-refractivity contribution >= 4 is 56.9 Å². The summed E-state index contributed by atoms with van der Waals surface area (Å²) in [6.45, 7) is 2.12. The molecule has 13 nitrogen and oxygen atoms in total. The normalized spacial score (nSPS) is 10.5. The van der Waals surface area contributed by atoms with Crippen molar-refractivity contribution in [2.45, 2.75) is 33.2 Å². The maximum atomic E-state index is 11.9. The number of carboxylic acids is 1. The molecular weight excluding hydrogens is 674 g/mol. The number of aliphatic hydroxyl groups excluding tert-OH is 2. The Hall–Kier alpha value is -3.92. The predicted molar refractivity (Wildman–Crippen MR) is 173 cm³/mol. The molecule has 4 heterocycles. The Balaban J connectivity index is 0.000000251. The van der Waals surface area contributed by atoms with E-state index in [4.69, 9.17) is 38.2 Å². The van der Waals surface area contributed by atoms with Crippen LogP contribution in [0.2, 0.25) is 10.0 Å². The van der Waals surface area contributed by atoms with Crippen LogP contribution in [0.15, 0.2) is 73.3 Å². The number of carboxylic acid groups (broad SMARTS) is 1. The molecule has 0 aliphatic heterocycles. The molecule has 0 aliphatic rings. The summed E-state index contributed by atoms with van der Waals surface area (Å²) in [7, 11) is 0. The number of hydrogen-bond donors (Lipinski definition) is 3. The van der Waals surface area contributed by atoms with Crippen LogP contribution in [0.3, 0.4) is 0 Å². The summed E-state index contributed by atoms with van der Waals surface area (Å²) in [6.07, 6.45) is 6.19. The average molecular weight is 704 g/mol. The smallest absolute Gasteiger partial charge is 0.870 e. The van der Waals surface area contributed by atoms with Crippen LogP contribution in [-0.2, 0) is 31.0 Å². The Kier molecular flexibility index (Phi) is 14.0. The second-order valence-electron chi connectivity index (χ2n) is 10.1. The van der Waals surface area contributed by atoms with E-state index in [-0.39, 0.29) is 65.1 Å². The van der Waals surface area contributed by atoms with Gasteiger partial charge in [-0.15, -0.1) is 0 Å². The van der Waals surface area contributed by atoms with Gasteiger partial charge in [-0.3, -0.25) is 19.3 Å². The summed E-state index contributed by atoms with van der Waals surface area (Å²) in [5, 5.41) is 38.9. The Bertz CT molecular complexity index is 2050. The van der Waals surface area contributed by atoms with Crippen molar-refractivity contribution in [1.82, 2.24) is 29.5 Å². The molecular formula is C32H29Cl2N6NaO7. The third-order valence-electron chi connectivity index (χ3n) is 6.82. The van der Waals surface area contributed by atoms with Gasteiger partial charge in [0.15, 0.2) is 0 Å². The first kappa shape index (κ1) is 38.5. The van der Waals surface area contributed by atoms with E-state index >= 15 is 0 Å². The number of hydrogen-bond acceptors (Lipinski definition) is 10. The van der Waals surface area contributed by atoms with E-state index in [0.29, 0.717) is 28.8 Å². The van der Waals surface area contributed by atoms with Crippen LogP contribution < -0.4 is 29.6 Å². The topological polar surface area (TPSA) is 195 Å². The number of rotatable bonds is 9. The molecule has 4 aromatic heterocycles. The largest absolute Gasteiger partial charge is 1.00 e. The van der Waals surface area contributed by atoms with Gasteiger partial charge in [0.05, 0.1) is 54.0 Å². The van der Waals surface area contributed by atoms with E-state index in [9.17, 15) is 14.7 Å². The minimum atomic E-state index is -1.11. The van der Waals surface area contributed by atoms with Crippen LogP contribution >= 0.6 is 23.2 Å². The van der Waals surface area contributed by atoms with Crippen molar-refractivity contribution < 1.29 is 64.7 Å². The third-order valence-corrected chi connectivity index (χ3v) is 7.23. The fraction of sp³-hybridized carbons (Fsp3) is 0.188. The van der Waals surface area contributed by atoms with Crippen LogP contribution in [0, 0.1) is 0 Å². The average Bonchev–Trinajstić information content (AvgIpc) is 3.65. The molecule has 244 valence electrons. The molecule has 2 aromatic carbocycles. The molecule has 0 radical (unpaired) electrons. The van der Waals surface area contributed by atoms with Gasteiger partial charge in [0.2, 0.25) is 0 Å². The number of pyridine rings is 2. The number of halogens is 2. The minimum absolute atomic E-state index is 0. The maximum absolute atomic E-state index is 11.9. The molecule has 4 N–H and O–H groups in total. The molecule has 0 bridgehead atoms. The van der Waals surface area contributed by atoms with Crippen molar-refractivity contribution in [1.29, 1.82) is 0 Å². The minimum Gasteiger partial charge on any atom is -0.870 e. The van der Waals surface area contributed by atoms with Crippen LogP contribution in [0.4, 0.5) is 0 Å². The summed E-state index contributed by atoms with van der Waals surface area (Å²) in [4.78, 5) is 31.4. The number of aliphatic hydroxyl groups is 2. The van der Waals surface area contributed by atoms with Gasteiger partial charge in [-0.25, -0.2) is 9.59 Å². The Morgan fingerprint density at radius 3 is 1.65 bits per heavy atom. The molecule has 16 heteroatoms. The Morgan fingerprint density at radius 1 is 0.771 bits per heavy atom. The number of aromatic carboxylic acids is 1. The standard InChI is InChI=1S/C17H16ClN3O3.C15H12ClN3O3.Na.H2O/c1-2-24-17(23)14-9-21(20-16(14)10-22)8-11-3-4-15-12(5-11)6-13(18)7-19-15;16-11-4-10-3-9(1-2-13(10)17-5-11)6-19-7-12(15(21)22)14(8-20)18-19;;/h3-7,9,22H,2,8,10H2,1H3;1-5,7,20H,6,8H2,(H,21,22);;1H2/q;;+1;/p-1. The molecule has 0 spiro atoms. The summed E-state index contributed by atoms with van der Waals surface area (Å²) < 4.78 is 8.08. The van der Waals surface area contributed by atoms with Gasteiger partial charge in [0, 0.05) is 35.6 Å². The molecule has 0 atom stereocenters. The van der Waals surface area contributed by atoms with Gasteiger partial charge < -0.3 is 25.5 Å². The fourth-order valence-corrected chi connectivity index (χ4v) is 5.09. The van der Waals surface area contributed by atoms with Crippen LogP contribution in [0.1, 0.15) is 50.2 Å². The summed E-state index contributed by atoms with van der Waals surface area (Å²) in [6, 6.07) is 15.2. The van der Waals surface area contributed by atoms with Gasteiger partial charge >= 0.3 is 41.5 Å². The number of carbonyl (C=O) groups is 2. The maximum Gasteiger partial charge on any atom is 1.00 e. The van der Waals surface area contributed by atoms with Gasteiger partial charge in [0.25, 0.3) is 0 Å². The van der Waals surface area contributed by atoms with E-state index in [2.05, 4.69) is 20.2 Å². The quantitative estimate of drug-likeness (QED) is 0.147. The molecule has 6 aromatic rings. The molecule has 48 heavy (non-hydrogen) atoms. The Labute approximate surface area is 306 Å². The zero-order valence-corrected chi connectivity index (χ0v) is 29.4. The van der Waals surface area contributed by atoms with E-state index in [1.165, 1.54) is 10.9 Å². The SMILES string of the molecule is CCOC(=O)c1cn(Cc2ccc3ncc(Cl)cc3c2)nc1CO.O=C(O)c1cn(Cc2ccc3ncc(Cl)cc3c2)nc1CO.[Na+].[OH-]. The zero-order chi connectivity index (χ0) is 32.8. The first-order valence-electron chi connectivity index (χ1n) is 14.0. The number of fused-ring (bicyclic) bond motifs is 2. The predicted octanol–water partition coefficient (Wildman–Crippen LogP) is 1.95. The van der Waals surface area contributed by atoms with Gasteiger partial charge in [-0.2, -0.15) is 10.2 Å². The summed E-state index contributed by atoms with van der Waals surface area (Å²) in [5.41, 5.74) is 4.34. The molecule has 0 amide bonds. The third kappa shape index (κ3) is 9.36. The molecule has 0 saturated heterocycles. The van der Waals surface area contributed by atoms with E-state index in [1.807, 2.05) is 48.5 Å². The summed E-state index contributed by atoms with van der Waals surface area (Å²) in [5.74, 6) is -1.59. The van der Waals surface area contributed by atoms with E-state index < -0.39 is 18.5 Å². The van der Waals surface area contributed by atoms with Crippen molar-refractivity contribution in [2.75, 3.05) is 6.61 Å². The molecule has 0 saturated carbocycles. The first-order valence-corrected chi connectivity index (χ1v) is 14.8. The number of benzene rings is 2. The van der Waals surface area contributed by atoms with Crippen LogP contribution in [0.25, 0.3) is 21.8 Å². The van der Waals surface area contributed by atoms with Crippen LogP contribution in [-0.4, -0.2) is 68.9 Å². The molecule has 0 fully saturated rings. The van der Waals surface area contributed by atoms with Crippen molar-refractivity contribution in [2.24, 2.45) is 0 Å². The molecule has 6 rings (SSSR count). The van der Waals surface area contributed by atoms with E-state index in [1.54, 1.807) is 30.2 Å². The number of nitrogens with zero attached hydrogens (tertiary/aromatic N) is 6. The van der Waals surface area contributed by atoms with Crippen molar-refractivity contribution in [3.05, 3.63) is 117 Å². The summed E-state index contributed by atoms with van der Waals surface area (Å²) >= 11 is 11.9. The van der Waals surface area contributed by atoms with Gasteiger partial charge in [0.1, 0.15) is 22.5 Å². The van der Waals surface area contributed by atoms with Crippen LogP contribution in [0.5, 0.6) is 0 Å². The second-order valence-corrected chi connectivity index (χ2v) is 10.9. The second kappa shape index (κ2) is 17.5.